The number of rotatable bonds is 6. The Morgan fingerprint density at radius 1 is 0.964 bits per heavy atom. The highest BCUT2D eigenvalue weighted by molar-refractivity contribution is 5.81. The standard InChI is InChI=1S/C24H30N2O2/c1-3-25(18-21-7-5-4-6-8-21)24(28)22-13-15-26(16-14-22)23(27)17-20-11-9-19(2)10-12-20/h4-12,22H,3,13-18H2,1-2H3. The first-order valence-electron chi connectivity index (χ1n) is 10.2. The summed E-state index contributed by atoms with van der Waals surface area (Å²) in [6.45, 7) is 6.78. The molecular weight excluding hydrogens is 348 g/mol. The van der Waals surface area contributed by atoms with Crippen molar-refractivity contribution in [3.8, 4) is 0 Å². The predicted molar refractivity (Wildman–Crippen MR) is 112 cm³/mol. The lowest BCUT2D eigenvalue weighted by atomic mass is 9.94. The smallest absolute Gasteiger partial charge is 0.226 e. The minimum absolute atomic E-state index is 0.0205. The largest absolute Gasteiger partial charge is 0.342 e. The number of likely N-dealkylation sites (tertiary alicyclic amines) is 1. The first-order valence-corrected chi connectivity index (χ1v) is 10.2. The molecule has 1 fully saturated rings. The fourth-order valence-electron chi connectivity index (χ4n) is 3.78. The molecule has 0 unspecified atom stereocenters. The zero-order chi connectivity index (χ0) is 19.9. The first-order chi connectivity index (χ1) is 13.6. The summed E-state index contributed by atoms with van der Waals surface area (Å²) < 4.78 is 0. The van der Waals surface area contributed by atoms with E-state index < -0.39 is 0 Å². The van der Waals surface area contributed by atoms with Crippen LogP contribution >= 0.6 is 0 Å². The molecule has 0 aliphatic carbocycles. The van der Waals surface area contributed by atoms with Crippen molar-refractivity contribution in [3.05, 3.63) is 71.3 Å². The van der Waals surface area contributed by atoms with Crippen molar-refractivity contribution in [2.45, 2.75) is 39.7 Å². The molecule has 148 valence electrons. The molecule has 2 aromatic carbocycles. The number of hydrogen-bond donors (Lipinski definition) is 0. The van der Waals surface area contributed by atoms with Gasteiger partial charge in [0, 0.05) is 32.1 Å². The molecule has 4 nitrogen and oxygen atoms in total. The van der Waals surface area contributed by atoms with Gasteiger partial charge in [0.15, 0.2) is 0 Å². The van der Waals surface area contributed by atoms with Crippen molar-refractivity contribution in [1.82, 2.24) is 9.80 Å². The summed E-state index contributed by atoms with van der Waals surface area (Å²) in [4.78, 5) is 29.4. The molecule has 28 heavy (non-hydrogen) atoms. The molecule has 1 aliphatic heterocycles. The van der Waals surface area contributed by atoms with Gasteiger partial charge in [0.25, 0.3) is 0 Å². The summed E-state index contributed by atoms with van der Waals surface area (Å²) in [5, 5.41) is 0. The molecule has 0 aromatic heterocycles. The Kier molecular flexibility index (Phi) is 6.85. The second kappa shape index (κ2) is 9.54. The summed E-state index contributed by atoms with van der Waals surface area (Å²) in [5.41, 5.74) is 3.41. The highest BCUT2D eigenvalue weighted by Gasteiger charge is 2.29. The average molecular weight is 379 g/mol. The van der Waals surface area contributed by atoms with Crippen LogP contribution in [0.1, 0.15) is 36.5 Å². The fourth-order valence-corrected chi connectivity index (χ4v) is 3.78. The molecule has 3 rings (SSSR count). The van der Waals surface area contributed by atoms with Crippen LogP contribution in [0, 0.1) is 12.8 Å². The molecule has 2 aromatic rings. The Morgan fingerprint density at radius 3 is 2.21 bits per heavy atom. The molecule has 4 heteroatoms. The Balaban J connectivity index is 1.51. The Morgan fingerprint density at radius 2 is 1.61 bits per heavy atom. The zero-order valence-corrected chi connectivity index (χ0v) is 16.9. The number of amides is 2. The topological polar surface area (TPSA) is 40.6 Å². The highest BCUT2D eigenvalue weighted by Crippen LogP contribution is 2.21. The SMILES string of the molecule is CCN(Cc1ccccc1)C(=O)C1CCN(C(=O)Cc2ccc(C)cc2)CC1. The van der Waals surface area contributed by atoms with Crippen LogP contribution in [0.4, 0.5) is 0 Å². The van der Waals surface area contributed by atoms with Crippen LogP contribution in [0.2, 0.25) is 0 Å². The van der Waals surface area contributed by atoms with E-state index in [4.69, 9.17) is 0 Å². The minimum Gasteiger partial charge on any atom is -0.342 e. The molecule has 0 bridgehead atoms. The number of piperidine rings is 1. The van der Waals surface area contributed by atoms with Crippen LogP contribution in [0.3, 0.4) is 0 Å². The lowest BCUT2D eigenvalue weighted by molar-refractivity contribution is -0.140. The van der Waals surface area contributed by atoms with Gasteiger partial charge in [-0.25, -0.2) is 0 Å². The van der Waals surface area contributed by atoms with Crippen molar-refractivity contribution in [3.63, 3.8) is 0 Å². The highest BCUT2D eigenvalue weighted by atomic mass is 16.2. The van der Waals surface area contributed by atoms with Crippen LogP contribution in [0.25, 0.3) is 0 Å². The van der Waals surface area contributed by atoms with Crippen molar-refractivity contribution in [1.29, 1.82) is 0 Å². The van der Waals surface area contributed by atoms with E-state index in [1.54, 1.807) is 0 Å². The lowest BCUT2D eigenvalue weighted by Gasteiger charge is -2.34. The minimum atomic E-state index is 0.0205. The van der Waals surface area contributed by atoms with E-state index in [1.807, 2.05) is 66.1 Å². The second-order valence-corrected chi connectivity index (χ2v) is 7.66. The van der Waals surface area contributed by atoms with Gasteiger partial charge < -0.3 is 9.80 Å². The Labute approximate surface area is 168 Å². The van der Waals surface area contributed by atoms with E-state index in [0.29, 0.717) is 32.6 Å². The molecule has 0 radical (unpaired) electrons. The third-order valence-electron chi connectivity index (χ3n) is 5.58. The van der Waals surface area contributed by atoms with Crippen LogP contribution in [-0.2, 0) is 22.6 Å². The maximum atomic E-state index is 13.0. The lowest BCUT2D eigenvalue weighted by Crippen LogP contribution is -2.44. The summed E-state index contributed by atoms with van der Waals surface area (Å²) in [6.07, 6.45) is 1.95. The van der Waals surface area contributed by atoms with Gasteiger partial charge >= 0.3 is 0 Å². The van der Waals surface area contributed by atoms with E-state index in [9.17, 15) is 9.59 Å². The number of carbonyl (C=O) groups is 2. The van der Waals surface area contributed by atoms with Gasteiger partial charge in [0.1, 0.15) is 0 Å². The number of carbonyl (C=O) groups excluding carboxylic acids is 2. The molecular formula is C24H30N2O2. The van der Waals surface area contributed by atoms with Crippen molar-refractivity contribution in [2.24, 2.45) is 5.92 Å². The summed E-state index contributed by atoms with van der Waals surface area (Å²) in [7, 11) is 0. The Bertz CT molecular complexity index is 778. The maximum absolute atomic E-state index is 13.0. The third kappa shape index (κ3) is 5.22. The van der Waals surface area contributed by atoms with E-state index in [0.717, 1.165) is 24.0 Å². The van der Waals surface area contributed by atoms with Gasteiger partial charge in [0.2, 0.25) is 11.8 Å². The van der Waals surface area contributed by atoms with Crippen molar-refractivity contribution in [2.75, 3.05) is 19.6 Å². The number of nitrogens with zero attached hydrogens (tertiary/aromatic N) is 2. The molecule has 2 amide bonds. The molecule has 0 spiro atoms. The quantitative estimate of drug-likeness (QED) is 0.767. The van der Waals surface area contributed by atoms with Crippen LogP contribution in [0.5, 0.6) is 0 Å². The van der Waals surface area contributed by atoms with Gasteiger partial charge in [-0.1, -0.05) is 60.2 Å². The van der Waals surface area contributed by atoms with E-state index in [1.165, 1.54) is 5.56 Å². The van der Waals surface area contributed by atoms with Gasteiger partial charge in [0.05, 0.1) is 6.42 Å². The predicted octanol–water partition coefficient (Wildman–Crippen LogP) is 3.82. The normalized spacial score (nSPS) is 14.7. The number of hydrogen-bond acceptors (Lipinski definition) is 2. The van der Waals surface area contributed by atoms with Gasteiger partial charge in [-0.15, -0.1) is 0 Å². The molecule has 1 heterocycles. The monoisotopic (exact) mass is 378 g/mol. The van der Waals surface area contributed by atoms with E-state index >= 15 is 0 Å². The summed E-state index contributed by atoms with van der Waals surface area (Å²) in [6, 6.07) is 18.2. The maximum Gasteiger partial charge on any atom is 0.226 e. The van der Waals surface area contributed by atoms with Gasteiger partial charge in [-0.3, -0.25) is 9.59 Å². The molecule has 1 aliphatic rings. The third-order valence-corrected chi connectivity index (χ3v) is 5.58. The second-order valence-electron chi connectivity index (χ2n) is 7.66. The van der Waals surface area contributed by atoms with Crippen molar-refractivity contribution < 1.29 is 9.59 Å². The van der Waals surface area contributed by atoms with Crippen LogP contribution in [0.15, 0.2) is 54.6 Å². The zero-order valence-electron chi connectivity index (χ0n) is 16.9. The molecule has 0 saturated carbocycles. The summed E-state index contributed by atoms with van der Waals surface area (Å²) in [5.74, 6) is 0.399. The number of aryl methyl sites for hydroxylation is 1. The van der Waals surface area contributed by atoms with Crippen LogP contribution < -0.4 is 0 Å². The van der Waals surface area contributed by atoms with E-state index in [2.05, 4.69) is 12.1 Å². The van der Waals surface area contributed by atoms with Crippen LogP contribution in [-0.4, -0.2) is 41.2 Å². The van der Waals surface area contributed by atoms with Gasteiger partial charge in [-0.2, -0.15) is 0 Å². The fraction of sp³-hybridized carbons (Fsp3) is 0.417. The summed E-state index contributed by atoms with van der Waals surface area (Å²) >= 11 is 0. The van der Waals surface area contributed by atoms with Gasteiger partial charge in [-0.05, 0) is 37.8 Å². The number of benzene rings is 2. The Hall–Kier alpha value is -2.62. The van der Waals surface area contributed by atoms with E-state index in [-0.39, 0.29) is 17.7 Å². The molecule has 0 N–H and O–H groups in total. The molecule has 0 atom stereocenters. The van der Waals surface area contributed by atoms with Crippen molar-refractivity contribution >= 4 is 11.8 Å². The molecule has 1 saturated heterocycles. The average Bonchev–Trinajstić information content (AvgIpc) is 2.74. The first kappa shape index (κ1) is 20.1.